The highest BCUT2D eigenvalue weighted by Crippen LogP contribution is 2.17. The second kappa shape index (κ2) is 4.51. The molecule has 10 heteroatoms. The summed E-state index contributed by atoms with van der Waals surface area (Å²) in [4.78, 5) is 14.7. The number of hydrogen-bond donors (Lipinski definition) is 1. The van der Waals surface area contributed by atoms with Crippen molar-refractivity contribution in [3.05, 3.63) is 30.6 Å². The number of nitrogens with zero attached hydrogens (tertiary/aromatic N) is 9. The number of rotatable bonds is 2. The van der Waals surface area contributed by atoms with Gasteiger partial charge in [0.15, 0.2) is 5.82 Å². The number of nitrogens with two attached hydrogens (primary N) is 1. The molecule has 21 heavy (non-hydrogen) atoms. The van der Waals surface area contributed by atoms with Gasteiger partial charge in [0.25, 0.3) is 5.95 Å². The number of fused-ring (bicyclic) bond motifs is 1. The molecule has 2 N–H and O–H groups in total. The molecule has 106 valence electrons. The Morgan fingerprint density at radius 1 is 1.10 bits per heavy atom. The van der Waals surface area contributed by atoms with Gasteiger partial charge in [-0.15, -0.1) is 10.2 Å². The lowest BCUT2D eigenvalue weighted by atomic mass is 10.4. The van der Waals surface area contributed by atoms with Crippen LogP contribution in [0.25, 0.3) is 5.95 Å². The van der Waals surface area contributed by atoms with Crippen molar-refractivity contribution in [3.63, 3.8) is 0 Å². The maximum absolute atomic E-state index is 5.78. The molecule has 0 atom stereocenters. The maximum Gasteiger partial charge on any atom is 0.257 e. The monoisotopic (exact) mass is 284 g/mol. The Hall–Kier alpha value is -3.04. The third-order valence-electron chi connectivity index (χ3n) is 3.26. The Morgan fingerprint density at radius 2 is 2.00 bits per heavy atom. The molecule has 1 aliphatic rings. The van der Waals surface area contributed by atoms with Gasteiger partial charge in [0.05, 0.1) is 6.54 Å². The summed E-state index contributed by atoms with van der Waals surface area (Å²) >= 11 is 0. The number of hydrogen-bond acceptors (Lipinski definition) is 8. The standard InChI is InChI=1S/C11H12N10/c12-9-15-10(17-11(16-9)21-3-1-2-14-21)19-4-5-20-7-13-18-8(20)6-19/h1-3,7H,4-6H2,(H2,12,15,16,17). The van der Waals surface area contributed by atoms with E-state index in [0.29, 0.717) is 18.4 Å². The van der Waals surface area contributed by atoms with E-state index in [2.05, 4.69) is 30.2 Å². The molecule has 0 unspecified atom stereocenters. The lowest BCUT2D eigenvalue weighted by Crippen LogP contribution is -2.35. The van der Waals surface area contributed by atoms with E-state index in [1.807, 2.05) is 9.47 Å². The Bertz CT molecular complexity index is 761. The molecule has 0 spiro atoms. The van der Waals surface area contributed by atoms with Crippen LogP contribution in [-0.4, -0.2) is 46.0 Å². The van der Waals surface area contributed by atoms with E-state index < -0.39 is 0 Å². The van der Waals surface area contributed by atoms with E-state index >= 15 is 0 Å². The van der Waals surface area contributed by atoms with Gasteiger partial charge in [-0.2, -0.15) is 20.1 Å². The highest BCUT2D eigenvalue weighted by molar-refractivity contribution is 5.38. The van der Waals surface area contributed by atoms with Gasteiger partial charge in [-0.05, 0) is 6.07 Å². The van der Waals surface area contributed by atoms with E-state index in [1.165, 1.54) is 0 Å². The molecule has 3 aromatic heterocycles. The topological polar surface area (TPSA) is 116 Å². The average molecular weight is 284 g/mol. The zero-order valence-electron chi connectivity index (χ0n) is 11.0. The quantitative estimate of drug-likeness (QED) is 0.653. The van der Waals surface area contributed by atoms with Crippen molar-refractivity contribution in [1.82, 2.24) is 39.5 Å². The Kier molecular flexibility index (Phi) is 2.52. The summed E-state index contributed by atoms with van der Waals surface area (Å²) in [7, 11) is 0. The van der Waals surface area contributed by atoms with Gasteiger partial charge in [0.2, 0.25) is 11.9 Å². The summed E-state index contributed by atoms with van der Waals surface area (Å²) in [6.45, 7) is 2.13. The Balaban J connectivity index is 1.70. The second-order valence-corrected chi connectivity index (χ2v) is 4.61. The first-order chi connectivity index (χ1) is 10.3. The fourth-order valence-corrected chi connectivity index (χ4v) is 2.24. The third-order valence-corrected chi connectivity index (χ3v) is 3.26. The molecule has 0 fully saturated rings. The van der Waals surface area contributed by atoms with Crippen LogP contribution in [-0.2, 0) is 13.1 Å². The first-order valence-electron chi connectivity index (χ1n) is 6.43. The molecule has 0 aromatic carbocycles. The summed E-state index contributed by atoms with van der Waals surface area (Å²) < 4.78 is 3.56. The van der Waals surface area contributed by atoms with Crippen LogP contribution >= 0.6 is 0 Å². The van der Waals surface area contributed by atoms with Gasteiger partial charge >= 0.3 is 0 Å². The fourth-order valence-electron chi connectivity index (χ4n) is 2.24. The van der Waals surface area contributed by atoms with Gasteiger partial charge in [0.1, 0.15) is 6.33 Å². The molecular formula is C11H12N10. The summed E-state index contributed by atoms with van der Waals surface area (Å²) in [6, 6.07) is 1.79. The van der Waals surface area contributed by atoms with Crippen molar-refractivity contribution >= 4 is 11.9 Å². The van der Waals surface area contributed by atoms with E-state index in [1.54, 1.807) is 29.5 Å². The van der Waals surface area contributed by atoms with Crippen LogP contribution in [0, 0.1) is 0 Å². The highest BCUT2D eigenvalue weighted by atomic mass is 15.4. The van der Waals surface area contributed by atoms with Crippen LogP contribution < -0.4 is 10.6 Å². The van der Waals surface area contributed by atoms with Crippen molar-refractivity contribution in [2.45, 2.75) is 13.1 Å². The number of nitrogen functional groups attached to an aromatic ring is 1. The minimum absolute atomic E-state index is 0.164. The second-order valence-electron chi connectivity index (χ2n) is 4.61. The summed E-state index contributed by atoms with van der Waals surface area (Å²) in [5, 5.41) is 12.1. The van der Waals surface area contributed by atoms with Crippen molar-refractivity contribution in [1.29, 1.82) is 0 Å². The zero-order chi connectivity index (χ0) is 14.2. The van der Waals surface area contributed by atoms with Crippen LogP contribution in [0.4, 0.5) is 11.9 Å². The van der Waals surface area contributed by atoms with Gasteiger partial charge in [-0.3, -0.25) is 0 Å². The van der Waals surface area contributed by atoms with Crippen LogP contribution in [0.1, 0.15) is 5.82 Å². The van der Waals surface area contributed by atoms with E-state index in [9.17, 15) is 0 Å². The molecule has 4 heterocycles. The van der Waals surface area contributed by atoms with Crippen LogP contribution in [0.5, 0.6) is 0 Å². The summed E-state index contributed by atoms with van der Waals surface area (Å²) in [5.41, 5.74) is 5.78. The first-order valence-corrected chi connectivity index (χ1v) is 6.43. The third kappa shape index (κ3) is 2.06. The van der Waals surface area contributed by atoms with Crippen LogP contribution in [0.15, 0.2) is 24.8 Å². The normalized spacial score (nSPS) is 14.2. The summed E-state index contributed by atoms with van der Waals surface area (Å²) in [5.74, 6) is 1.95. The van der Waals surface area contributed by atoms with Crippen LogP contribution in [0.2, 0.25) is 0 Å². The molecule has 1 aliphatic heterocycles. The summed E-state index contributed by atoms with van der Waals surface area (Å²) in [6.07, 6.45) is 5.14. The Morgan fingerprint density at radius 3 is 2.86 bits per heavy atom. The maximum atomic E-state index is 5.78. The minimum atomic E-state index is 0.164. The van der Waals surface area contributed by atoms with Crippen molar-refractivity contribution in [2.75, 3.05) is 17.2 Å². The van der Waals surface area contributed by atoms with Crippen molar-refractivity contribution in [3.8, 4) is 5.95 Å². The SMILES string of the molecule is Nc1nc(N2CCn3cnnc3C2)nc(-n2cccn2)n1. The molecule has 3 aromatic rings. The largest absolute Gasteiger partial charge is 0.368 e. The molecule has 0 saturated carbocycles. The predicted molar refractivity (Wildman–Crippen MR) is 72.4 cm³/mol. The lowest BCUT2D eigenvalue weighted by molar-refractivity contribution is 0.550. The first kappa shape index (κ1) is 11.8. The predicted octanol–water partition coefficient (Wildman–Crippen LogP) is -0.749. The lowest BCUT2D eigenvalue weighted by Gasteiger charge is -2.27. The fraction of sp³-hybridized carbons (Fsp3) is 0.273. The molecule has 0 bridgehead atoms. The molecule has 0 amide bonds. The zero-order valence-corrected chi connectivity index (χ0v) is 11.0. The van der Waals surface area contributed by atoms with Gasteiger partial charge in [0, 0.05) is 25.5 Å². The van der Waals surface area contributed by atoms with Crippen molar-refractivity contribution in [2.24, 2.45) is 0 Å². The molecular weight excluding hydrogens is 272 g/mol. The highest BCUT2D eigenvalue weighted by Gasteiger charge is 2.21. The smallest absolute Gasteiger partial charge is 0.257 e. The molecule has 0 aliphatic carbocycles. The van der Waals surface area contributed by atoms with E-state index in [4.69, 9.17) is 5.73 Å². The minimum Gasteiger partial charge on any atom is -0.368 e. The van der Waals surface area contributed by atoms with E-state index in [0.717, 1.165) is 18.9 Å². The van der Waals surface area contributed by atoms with E-state index in [-0.39, 0.29) is 5.95 Å². The molecule has 0 saturated heterocycles. The average Bonchev–Trinajstić information content (AvgIpc) is 3.17. The molecule has 10 nitrogen and oxygen atoms in total. The van der Waals surface area contributed by atoms with Gasteiger partial charge < -0.3 is 15.2 Å². The Labute approximate surface area is 119 Å². The number of anilines is 2. The van der Waals surface area contributed by atoms with Gasteiger partial charge in [-0.1, -0.05) is 0 Å². The van der Waals surface area contributed by atoms with Gasteiger partial charge in [-0.25, -0.2) is 4.68 Å². The molecule has 4 rings (SSSR count). The van der Waals surface area contributed by atoms with Crippen molar-refractivity contribution < 1.29 is 0 Å². The molecule has 0 radical (unpaired) electrons. The number of aromatic nitrogens is 8. The van der Waals surface area contributed by atoms with Crippen LogP contribution in [0.3, 0.4) is 0 Å².